The number of carboxylic acids is 1. The summed E-state index contributed by atoms with van der Waals surface area (Å²) >= 11 is 0. The number of carbonyl (C=O) groups is 1. The highest BCUT2D eigenvalue weighted by atomic mass is 16.4. The second-order valence-electron chi connectivity index (χ2n) is 6.41. The lowest BCUT2D eigenvalue weighted by Gasteiger charge is -2.11. The zero-order valence-corrected chi connectivity index (χ0v) is 14.3. The molecule has 4 nitrogen and oxygen atoms in total. The second kappa shape index (κ2) is 15.3. The van der Waals surface area contributed by atoms with Crippen molar-refractivity contribution in [3.63, 3.8) is 0 Å². The van der Waals surface area contributed by atoms with Crippen LogP contribution in [0.1, 0.15) is 96.8 Å². The molecule has 3 N–H and O–H groups in total. The van der Waals surface area contributed by atoms with Crippen LogP contribution < -0.4 is 0 Å². The highest BCUT2D eigenvalue weighted by molar-refractivity contribution is 5.71. The molecule has 0 bridgehead atoms. The van der Waals surface area contributed by atoms with Crippen molar-refractivity contribution in [3.05, 3.63) is 0 Å². The first kappa shape index (κ1) is 21.4. The smallest absolute Gasteiger partial charge is 0.332 e. The maximum Gasteiger partial charge on any atom is 0.332 e. The molecule has 0 saturated heterocycles. The fraction of sp³-hybridized carbons (Fsp3) is 0.944. The topological polar surface area (TPSA) is 77.8 Å². The van der Waals surface area contributed by atoms with Crippen LogP contribution in [0.15, 0.2) is 0 Å². The number of carboxylic acid groups (broad SMARTS) is 1. The molecule has 2 atom stereocenters. The van der Waals surface area contributed by atoms with Crippen LogP contribution in [0.3, 0.4) is 0 Å². The van der Waals surface area contributed by atoms with Gasteiger partial charge in [-0.3, -0.25) is 0 Å². The van der Waals surface area contributed by atoms with Crippen LogP contribution in [0.25, 0.3) is 0 Å². The van der Waals surface area contributed by atoms with E-state index in [1.54, 1.807) is 0 Å². The number of unbranched alkanes of at least 4 members (excludes halogenated alkanes) is 9. The first-order valence-electron chi connectivity index (χ1n) is 9.16. The summed E-state index contributed by atoms with van der Waals surface area (Å²) in [6.45, 7) is 2.24. The molecule has 0 aliphatic carbocycles. The van der Waals surface area contributed by atoms with E-state index in [4.69, 9.17) is 10.2 Å². The summed E-state index contributed by atoms with van der Waals surface area (Å²) in [5, 5.41) is 27.5. The van der Waals surface area contributed by atoms with Gasteiger partial charge in [-0.1, -0.05) is 71.1 Å². The van der Waals surface area contributed by atoms with Crippen LogP contribution in [0.5, 0.6) is 0 Å². The number of rotatable bonds is 16. The zero-order chi connectivity index (χ0) is 16.6. The van der Waals surface area contributed by atoms with Crippen LogP contribution in [-0.2, 0) is 4.79 Å². The van der Waals surface area contributed by atoms with Crippen molar-refractivity contribution in [2.45, 2.75) is 109 Å². The SMILES string of the molecule is CCCCCCCCCCCCC(O)CCCC(O)C(=O)O. The van der Waals surface area contributed by atoms with Gasteiger partial charge >= 0.3 is 5.97 Å². The molecule has 4 heteroatoms. The number of aliphatic carboxylic acids is 1. The fourth-order valence-corrected chi connectivity index (χ4v) is 2.68. The lowest BCUT2D eigenvalue weighted by Crippen LogP contribution is -2.19. The summed E-state index contributed by atoms with van der Waals surface area (Å²) in [6, 6.07) is 0. The summed E-state index contributed by atoms with van der Waals surface area (Å²) in [6.07, 6.45) is 13.4. The third-order valence-electron chi connectivity index (χ3n) is 4.19. The molecule has 0 aromatic rings. The molecule has 22 heavy (non-hydrogen) atoms. The minimum absolute atomic E-state index is 0.227. The standard InChI is InChI=1S/C18H36O4/c1-2-3-4-5-6-7-8-9-10-11-13-16(19)14-12-15-17(20)18(21)22/h16-17,19-20H,2-15H2,1H3,(H,21,22). The predicted molar refractivity (Wildman–Crippen MR) is 90.0 cm³/mol. The van der Waals surface area contributed by atoms with Gasteiger partial charge in [0.25, 0.3) is 0 Å². The Hall–Kier alpha value is -0.610. The molecule has 0 heterocycles. The van der Waals surface area contributed by atoms with E-state index in [1.165, 1.54) is 57.8 Å². The Morgan fingerprint density at radius 3 is 1.68 bits per heavy atom. The number of aliphatic hydroxyl groups is 2. The average Bonchev–Trinajstić information content (AvgIpc) is 2.49. The van der Waals surface area contributed by atoms with Crippen molar-refractivity contribution in [2.24, 2.45) is 0 Å². The third kappa shape index (κ3) is 14.3. The van der Waals surface area contributed by atoms with Crippen LogP contribution in [-0.4, -0.2) is 33.5 Å². The van der Waals surface area contributed by atoms with E-state index in [2.05, 4.69) is 6.92 Å². The quantitative estimate of drug-likeness (QED) is 0.371. The minimum atomic E-state index is -1.29. The Labute approximate surface area is 135 Å². The minimum Gasteiger partial charge on any atom is -0.479 e. The van der Waals surface area contributed by atoms with Gasteiger partial charge in [-0.2, -0.15) is 0 Å². The number of hydrogen-bond acceptors (Lipinski definition) is 3. The molecule has 0 spiro atoms. The zero-order valence-electron chi connectivity index (χ0n) is 14.3. The van der Waals surface area contributed by atoms with Crippen LogP contribution in [0, 0.1) is 0 Å². The summed E-state index contributed by atoms with van der Waals surface area (Å²) in [4.78, 5) is 10.4. The van der Waals surface area contributed by atoms with E-state index in [0.29, 0.717) is 12.8 Å². The molecule has 0 amide bonds. The maximum atomic E-state index is 10.4. The highest BCUT2D eigenvalue weighted by Crippen LogP contribution is 2.14. The number of hydrogen-bond donors (Lipinski definition) is 3. The summed E-state index contributed by atoms with van der Waals surface area (Å²) in [5.41, 5.74) is 0. The van der Waals surface area contributed by atoms with Crippen LogP contribution >= 0.6 is 0 Å². The molecule has 0 fully saturated rings. The molecule has 0 aromatic carbocycles. The molecular formula is C18H36O4. The van der Waals surface area contributed by atoms with E-state index >= 15 is 0 Å². The first-order chi connectivity index (χ1) is 10.6. The highest BCUT2D eigenvalue weighted by Gasteiger charge is 2.13. The molecule has 2 unspecified atom stereocenters. The van der Waals surface area contributed by atoms with Crippen molar-refractivity contribution >= 4 is 5.97 Å². The van der Waals surface area contributed by atoms with E-state index in [1.807, 2.05) is 0 Å². The fourth-order valence-electron chi connectivity index (χ4n) is 2.68. The molecule has 0 aliphatic heterocycles. The second-order valence-corrected chi connectivity index (χ2v) is 6.41. The van der Waals surface area contributed by atoms with Gasteiger partial charge in [0.1, 0.15) is 0 Å². The summed E-state index contributed by atoms with van der Waals surface area (Å²) in [5.74, 6) is -1.18. The van der Waals surface area contributed by atoms with Crippen molar-refractivity contribution in [1.82, 2.24) is 0 Å². The van der Waals surface area contributed by atoms with E-state index in [0.717, 1.165) is 12.8 Å². The molecule has 0 rings (SSSR count). The normalized spacial score (nSPS) is 14.0. The summed E-state index contributed by atoms with van der Waals surface area (Å²) in [7, 11) is 0. The van der Waals surface area contributed by atoms with Gasteiger partial charge in [0.15, 0.2) is 6.10 Å². The van der Waals surface area contributed by atoms with E-state index in [9.17, 15) is 9.90 Å². The molecule has 132 valence electrons. The Morgan fingerprint density at radius 1 is 0.727 bits per heavy atom. The van der Waals surface area contributed by atoms with Gasteiger partial charge in [0, 0.05) is 0 Å². The molecule has 0 aliphatic rings. The lowest BCUT2D eigenvalue weighted by molar-refractivity contribution is -0.147. The monoisotopic (exact) mass is 316 g/mol. The Bertz CT molecular complexity index is 255. The van der Waals surface area contributed by atoms with Crippen molar-refractivity contribution in [3.8, 4) is 0 Å². The van der Waals surface area contributed by atoms with Crippen LogP contribution in [0.4, 0.5) is 0 Å². The van der Waals surface area contributed by atoms with Gasteiger partial charge in [0.05, 0.1) is 6.10 Å². The van der Waals surface area contributed by atoms with Gasteiger partial charge in [0.2, 0.25) is 0 Å². The van der Waals surface area contributed by atoms with Gasteiger partial charge in [-0.15, -0.1) is 0 Å². The van der Waals surface area contributed by atoms with E-state index < -0.39 is 12.1 Å². The van der Waals surface area contributed by atoms with E-state index in [-0.39, 0.29) is 12.5 Å². The molecular weight excluding hydrogens is 280 g/mol. The Morgan fingerprint density at radius 2 is 1.18 bits per heavy atom. The molecule has 0 saturated carbocycles. The Balaban J connectivity index is 3.25. The Kier molecular flexibility index (Phi) is 14.9. The van der Waals surface area contributed by atoms with Crippen LogP contribution in [0.2, 0.25) is 0 Å². The third-order valence-corrected chi connectivity index (χ3v) is 4.19. The van der Waals surface area contributed by atoms with Crippen molar-refractivity contribution in [1.29, 1.82) is 0 Å². The maximum absolute atomic E-state index is 10.4. The predicted octanol–water partition coefficient (Wildman–Crippen LogP) is 4.27. The lowest BCUT2D eigenvalue weighted by atomic mass is 10.0. The first-order valence-corrected chi connectivity index (χ1v) is 9.16. The average molecular weight is 316 g/mol. The largest absolute Gasteiger partial charge is 0.479 e. The van der Waals surface area contributed by atoms with Gasteiger partial charge in [-0.05, 0) is 25.7 Å². The van der Waals surface area contributed by atoms with Crippen molar-refractivity contribution in [2.75, 3.05) is 0 Å². The molecule has 0 radical (unpaired) electrons. The summed E-state index contributed by atoms with van der Waals surface area (Å²) < 4.78 is 0. The number of aliphatic hydroxyl groups excluding tert-OH is 2. The van der Waals surface area contributed by atoms with Gasteiger partial charge < -0.3 is 15.3 Å². The van der Waals surface area contributed by atoms with Crippen molar-refractivity contribution < 1.29 is 20.1 Å². The molecule has 0 aromatic heterocycles. The van der Waals surface area contributed by atoms with Gasteiger partial charge in [-0.25, -0.2) is 4.79 Å².